The van der Waals surface area contributed by atoms with Crippen molar-refractivity contribution < 1.29 is 4.42 Å². The summed E-state index contributed by atoms with van der Waals surface area (Å²) in [7, 11) is 0. The molecule has 0 atom stereocenters. The third kappa shape index (κ3) is 9.18. The molecule has 4 heterocycles. The Kier molecular flexibility index (Phi) is 12.2. The standard InChI is InChI=1S/C75H49N3O/c1-2-15-50(16-3-1)51-27-33-55(34-28-51)70-46-57(73-47-71-69-24-10-11-26-74(69)79-75(71)49-78-73)39-40-68(70)67-23-9-8-22-66(67)61-44-59(64-20-6-4-18-62(64)53-31-29-52(30-32-53)58-17-14-41-76-48-58)43-60(45-61)65-21-7-5-19-63(65)54-35-37-56(38-36-54)72-25-12-13-42-77-72/h1-49H. The van der Waals surface area contributed by atoms with E-state index in [0.29, 0.717) is 0 Å². The number of rotatable bonds is 11. The van der Waals surface area contributed by atoms with E-state index in [2.05, 4.69) is 253 Å². The Morgan fingerprint density at radius 3 is 1.29 bits per heavy atom. The van der Waals surface area contributed by atoms with Crippen LogP contribution < -0.4 is 0 Å². The van der Waals surface area contributed by atoms with Gasteiger partial charge in [-0.25, -0.2) is 0 Å². The SMILES string of the molecule is c1ccc(-c2ccc(-c3cc(-c4cc5c(cn4)oc4ccccc45)ccc3-c3ccccc3-c3cc(-c4ccccc4-c4ccc(-c5cccnc5)cc4)cc(-c4ccccc4-c4ccc(-c5ccccn5)cc4)c3)cc2)cc1. The van der Waals surface area contributed by atoms with E-state index in [9.17, 15) is 0 Å². The molecule has 0 bridgehead atoms. The molecule has 4 heteroatoms. The number of hydrogen-bond acceptors (Lipinski definition) is 4. The monoisotopic (exact) mass is 1010 g/mol. The summed E-state index contributed by atoms with van der Waals surface area (Å²) in [6.07, 6.45) is 7.44. The van der Waals surface area contributed by atoms with Gasteiger partial charge < -0.3 is 4.42 Å². The normalized spacial score (nSPS) is 11.3. The van der Waals surface area contributed by atoms with Gasteiger partial charge in [-0.15, -0.1) is 0 Å². The number of pyridine rings is 3. The Morgan fingerprint density at radius 2 is 0.684 bits per heavy atom. The Labute approximate surface area is 459 Å². The van der Waals surface area contributed by atoms with Gasteiger partial charge in [0.1, 0.15) is 5.58 Å². The first-order chi connectivity index (χ1) is 39.1. The lowest BCUT2D eigenvalue weighted by atomic mass is 9.84. The second kappa shape index (κ2) is 20.5. The zero-order chi connectivity index (χ0) is 52.5. The van der Waals surface area contributed by atoms with E-state index in [1.165, 1.54) is 11.1 Å². The summed E-state index contributed by atoms with van der Waals surface area (Å²) in [5, 5.41) is 2.12. The van der Waals surface area contributed by atoms with Crippen LogP contribution in [0.3, 0.4) is 0 Å². The molecule has 4 nitrogen and oxygen atoms in total. The maximum atomic E-state index is 6.22. The van der Waals surface area contributed by atoms with Gasteiger partial charge in [-0.3, -0.25) is 15.0 Å². The molecule has 0 aliphatic carbocycles. The summed E-state index contributed by atoms with van der Waals surface area (Å²) in [4.78, 5) is 14.0. The number of furan rings is 1. The Hall–Kier alpha value is -10.6. The second-order valence-electron chi connectivity index (χ2n) is 19.9. The maximum absolute atomic E-state index is 6.22. The fourth-order valence-corrected chi connectivity index (χ4v) is 11.2. The number of benzene rings is 10. The highest BCUT2D eigenvalue weighted by atomic mass is 16.3. The van der Waals surface area contributed by atoms with Crippen molar-refractivity contribution in [1.82, 2.24) is 15.0 Å². The van der Waals surface area contributed by atoms with Crippen LogP contribution in [-0.2, 0) is 0 Å². The number of para-hydroxylation sites is 1. The van der Waals surface area contributed by atoms with E-state index in [-0.39, 0.29) is 0 Å². The average molecular weight is 1010 g/mol. The second-order valence-corrected chi connectivity index (χ2v) is 19.9. The van der Waals surface area contributed by atoms with Crippen molar-refractivity contribution in [3.63, 3.8) is 0 Å². The number of nitrogens with zero attached hydrogens (tertiary/aromatic N) is 3. The van der Waals surface area contributed by atoms with Gasteiger partial charge in [-0.05, 0) is 155 Å². The lowest BCUT2D eigenvalue weighted by Gasteiger charge is -2.19. The molecule has 0 amide bonds. The van der Waals surface area contributed by atoms with Crippen molar-refractivity contribution in [2.45, 2.75) is 0 Å². The molecule has 370 valence electrons. The highest BCUT2D eigenvalue weighted by Gasteiger charge is 2.20. The van der Waals surface area contributed by atoms with Crippen LogP contribution in [0.15, 0.2) is 302 Å². The van der Waals surface area contributed by atoms with Crippen molar-refractivity contribution >= 4 is 21.9 Å². The predicted molar refractivity (Wildman–Crippen MR) is 327 cm³/mol. The molecule has 0 unspecified atom stereocenters. The summed E-state index contributed by atoms with van der Waals surface area (Å²) in [5.74, 6) is 0. The topological polar surface area (TPSA) is 51.8 Å². The summed E-state index contributed by atoms with van der Waals surface area (Å²) in [5.41, 5.74) is 25.9. The Morgan fingerprint density at radius 1 is 0.215 bits per heavy atom. The van der Waals surface area contributed by atoms with E-state index < -0.39 is 0 Å². The highest BCUT2D eigenvalue weighted by Crippen LogP contribution is 2.45. The van der Waals surface area contributed by atoms with Crippen molar-refractivity contribution in [3.8, 4) is 123 Å². The Balaban J connectivity index is 0.945. The zero-order valence-corrected chi connectivity index (χ0v) is 43.0. The number of fused-ring (bicyclic) bond motifs is 3. The van der Waals surface area contributed by atoms with Crippen LogP contribution in [0.5, 0.6) is 0 Å². The van der Waals surface area contributed by atoms with E-state index in [1.807, 2.05) is 55.1 Å². The minimum absolute atomic E-state index is 0.774. The van der Waals surface area contributed by atoms with Gasteiger partial charge in [0.15, 0.2) is 5.58 Å². The molecular weight excluding hydrogens is 959 g/mol. The predicted octanol–water partition coefficient (Wildman–Crippen LogP) is 20.1. The highest BCUT2D eigenvalue weighted by molar-refractivity contribution is 6.06. The fraction of sp³-hybridized carbons (Fsp3) is 0. The first-order valence-corrected chi connectivity index (χ1v) is 26.7. The Bertz CT molecular complexity index is 4350. The van der Waals surface area contributed by atoms with Crippen LogP contribution in [0.1, 0.15) is 0 Å². The molecule has 0 fully saturated rings. The maximum Gasteiger partial charge on any atom is 0.153 e. The van der Waals surface area contributed by atoms with Crippen LogP contribution >= 0.6 is 0 Å². The summed E-state index contributed by atoms with van der Waals surface area (Å²) >= 11 is 0. The minimum Gasteiger partial charge on any atom is -0.454 e. The molecule has 0 aliphatic rings. The van der Waals surface area contributed by atoms with Crippen LogP contribution in [0, 0.1) is 0 Å². The van der Waals surface area contributed by atoms with Crippen molar-refractivity contribution in [1.29, 1.82) is 0 Å². The third-order valence-electron chi connectivity index (χ3n) is 15.2. The molecule has 79 heavy (non-hydrogen) atoms. The zero-order valence-electron chi connectivity index (χ0n) is 43.0. The van der Waals surface area contributed by atoms with E-state index in [0.717, 1.165) is 133 Å². The largest absolute Gasteiger partial charge is 0.454 e. The van der Waals surface area contributed by atoms with Gasteiger partial charge in [0.2, 0.25) is 0 Å². The first kappa shape index (κ1) is 46.9. The molecule has 0 saturated carbocycles. The smallest absolute Gasteiger partial charge is 0.153 e. The fourth-order valence-electron chi connectivity index (χ4n) is 11.2. The lowest BCUT2D eigenvalue weighted by Crippen LogP contribution is -1.94. The molecule has 10 aromatic carbocycles. The average Bonchev–Trinajstić information content (AvgIpc) is 3.99. The molecule has 0 aliphatic heterocycles. The summed E-state index contributed by atoms with van der Waals surface area (Å²) in [6, 6.07) is 98.1. The van der Waals surface area contributed by atoms with Gasteiger partial charge >= 0.3 is 0 Å². The summed E-state index contributed by atoms with van der Waals surface area (Å²) < 4.78 is 6.22. The molecule has 0 saturated heterocycles. The first-order valence-electron chi connectivity index (χ1n) is 26.7. The lowest BCUT2D eigenvalue weighted by molar-refractivity contribution is 0.667. The van der Waals surface area contributed by atoms with E-state index >= 15 is 0 Å². The molecular formula is C75H49N3O. The molecule has 0 spiro atoms. The van der Waals surface area contributed by atoms with Crippen LogP contribution in [0.4, 0.5) is 0 Å². The number of aromatic nitrogens is 3. The van der Waals surface area contributed by atoms with Gasteiger partial charge in [0.05, 0.1) is 17.6 Å². The van der Waals surface area contributed by atoms with Crippen LogP contribution in [0.2, 0.25) is 0 Å². The molecule has 4 aromatic heterocycles. The van der Waals surface area contributed by atoms with Crippen LogP contribution in [-0.4, -0.2) is 15.0 Å². The molecule has 14 aromatic rings. The number of hydrogen-bond donors (Lipinski definition) is 0. The van der Waals surface area contributed by atoms with Gasteiger partial charge in [-0.1, -0.05) is 218 Å². The third-order valence-corrected chi connectivity index (χ3v) is 15.2. The van der Waals surface area contributed by atoms with Gasteiger partial charge in [0.25, 0.3) is 0 Å². The van der Waals surface area contributed by atoms with Gasteiger partial charge in [0, 0.05) is 40.5 Å². The van der Waals surface area contributed by atoms with Crippen molar-refractivity contribution in [2.75, 3.05) is 0 Å². The minimum atomic E-state index is 0.774. The summed E-state index contributed by atoms with van der Waals surface area (Å²) in [6.45, 7) is 0. The van der Waals surface area contributed by atoms with Crippen molar-refractivity contribution in [2.24, 2.45) is 0 Å². The molecule has 14 rings (SSSR count). The molecule has 0 radical (unpaired) electrons. The van der Waals surface area contributed by atoms with Crippen LogP contribution in [0.25, 0.3) is 145 Å². The quantitative estimate of drug-likeness (QED) is 0.130. The molecule has 0 N–H and O–H groups in total. The van der Waals surface area contributed by atoms with Crippen molar-refractivity contribution in [3.05, 3.63) is 298 Å². The van der Waals surface area contributed by atoms with E-state index in [1.54, 1.807) is 0 Å². The van der Waals surface area contributed by atoms with Gasteiger partial charge in [-0.2, -0.15) is 0 Å². The van der Waals surface area contributed by atoms with E-state index in [4.69, 9.17) is 9.40 Å².